The van der Waals surface area contributed by atoms with Gasteiger partial charge in [-0.25, -0.2) is 0 Å². The first-order chi connectivity index (χ1) is 5.60. The van der Waals surface area contributed by atoms with Crippen LogP contribution in [0.2, 0.25) is 10.0 Å². The lowest BCUT2D eigenvalue weighted by Gasteiger charge is -1.93. The molecule has 0 saturated heterocycles. The van der Waals surface area contributed by atoms with Gasteiger partial charge >= 0.3 is 0 Å². The van der Waals surface area contributed by atoms with Gasteiger partial charge in [0.2, 0.25) is 0 Å². The highest BCUT2D eigenvalue weighted by atomic mass is 35.5. The van der Waals surface area contributed by atoms with Crippen molar-refractivity contribution in [2.24, 2.45) is 0 Å². The maximum absolute atomic E-state index is 5.67. The van der Waals surface area contributed by atoms with Gasteiger partial charge in [-0.3, -0.25) is 0 Å². The molecular formula is C10H12Cl2. The summed E-state index contributed by atoms with van der Waals surface area (Å²) in [5, 5.41) is 1.39. The third kappa shape index (κ3) is 5.22. The van der Waals surface area contributed by atoms with Crippen LogP contribution in [0.15, 0.2) is 30.9 Å². The Kier molecular flexibility index (Phi) is 5.87. The molecule has 1 rings (SSSR count). The van der Waals surface area contributed by atoms with E-state index in [0.717, 1.165) is 5.56 Å². The zero-order valence-electron chi connectivity index (χ0n) is 7.27. The van der Waals surface area contributed by atoms with Crippen LogP contribution in [-0.4, -0.2) is 0 Å². The molecule has 0 amide bonds. The summed E-state index contributed by atoms with van der Waals surface area (Å²) in [5.41, 5.74) is 1.09. The molecule has 0 aliphatic heterocycles. The van der Waals surface area contributed by atoms with Crippen molar-refractivity contribution in [3.63, 3.8) is 0 Å². The van der Waals surface area contributed by atoms with E-state index in [-0.39, 0.29) is 0 Å². The van der Waals surface area contributed by atoms with Gasteiger partial charge in [0.05, 0.1) is 0 Å². The summed E-state index contributed by atoms with van der Waals surface area (Å²) in [4.78, 5) is 0. The first-order valence-electron chi connectivity index (χ1n) is 3.60. The standard InChI is InChI=1S/C7H6Cl2.C3H6/c1-5-2-6(8)4-7(9)3-5;1-3-2/h2-4H,1H3;3H,1H2,2H3. The van der Waals surface area contributed by atoms with Crippen LogP contribution in [0.3, 0.4) is 0 Å². The summed E-state index contributed by atoms with van der Waals surface area (Å²) >= 11 is 11.3. The SMILES string of the molecule is C=CC.Cc1cc(Cl)cc(Cl)c1. The molecule has 2 heteroatoms. The number of hydrogen-bond donors (Lipinski definition) is 0. The Labute approximate surface area is 83.8 Å². The Bertz CT molecular complexity index is 204. The minimum atomic E-state index is 0.694. The molecule has 1 aromatic carbocycles. The maximum Gasteiger partial charge on any atom is 0.0423 e. The van der Waals surface area contributed by atoms with Crippen LogP contribution < -0.4 is 0 Å². The van der Waals surface area contributed by atoms with E-state index in [0.29, 0.717) is 10.0 Å². The van der Waals surface area contributed by atoms with Gasteiger partial charge in [-0.15, -0.1) is 6.58 Å². The Morgan fingerprint density at radius 1 is 1.17 bits per heavy atom. The smallest absolute Gasteiger partial charge is 0.0423 e. The maximum atomic E-state index is 5.67. The molecule has 0 aliphatic carbocycles. The van der Waals surface area contributed by atoms with Gasteiger partial charge in [-0.1, -0.05) is 29.3 Å². The third-order valence-electron chi connectivity index (χ3n) is 1.01. The minimum Gasteiger partial charge on any atom is -0.103 e. The molecule has 0 unspecified atom stereocenters. The van der Waals surface area contributed by atoms with Crippen LogP contribution in [0.25, 0.3) is 0 Å². The third-order valence-corrected chi connectivity index (χ3v) is 1.44. The molecule has 66 valence electrons. The van der Waals surface area contributed by atoms with Crippen LogP contribution in [0.1, 0.15) is 12.5 Å². The van der Waals surface area contributed by atoms with E-state index in [1.165, 1.54) is 0 Å². The van der Waals surface area contributed by atoms with E-state index in [9.17, 15) is 0 Å². The number of rotatable bonds is 0. The first-order valence-corrected chi connectivity index (χ1v) is 4.35. The molecule has 0 bridgehead atoms. The number of hydrogen-bond acceptors (Lipinski definition) is 0. The van der Waals surface area contributed by atoms with Gasteiger partial charge in [0.25, 0.3) is 0 Å². The van der Waals surface area contributed by atoms with E-state index in [1.54, 1.807) is 12.1 Å². The number of benzene rings is 1. The molecule has 0 aliphatic rings. The predicted molar refractivity (Wildman–Crippen MR) is 57.1 cm³/mol. The Hall–Kier alpha value is -0.460. The van der Waals surface area contributed by atoms with Crippen molar-refractivity contribution >= 4 is 23.2 Å². The molecule has 1 aromatic rings. The van der Waals surface area contributed by atoms with E-state index < -0.39 is 0 Å². The fraction of sp³-hybridized carbons (Fsp3) is 0.200. The summed E-state index contributed by atoms with van der Waals surface area (Å²) in [6.45, 7) is 7.21. The predicted octanol–water partition coefficient (Wildman–Crippen LogP) is 4.49. The molecular weight excluding hydrogens is 191 g/mol. The minimum absolute atomic E-state index is 0.694. The lowest BCUT2D eigenvalue weighted by atomic mass is 10.2. The fourth-order valence-corrected chi connectivity index (χ4v) is 1.33. The van der Waals surface area contributed by atoms with Gasteiger partial charge < -0.3 is 0 Å². The fourth-order valence-electron chi connectivity index (χ4n) is 0.692. The van der Waals surface area contributed by atoms with Crippen molar-refractivity contribution in [3.8, 4) is 0 Å². The van der Waals surface area contributed by atoms with Gasteiger partial charge in [0.1, 0.15) is 0 Å². The second kappa shape index (κ2) is 6.10. The van der Waals surface area contributed by atoms with E-state index >= 15 is 0 Å². The lowest BCUT2D eigenvalue weighted by Crippen LogP contribution is -1.70. The largest absolute Gasteiger partial charge is 0.103 e. The van der Waals surface area contributed by atoms with E-state index in [4.69, 9.17) is 23.2 Å². The van der Waals surface area contributed by atoms with Crippen molar-refractivity contribution in [3.05, 3.63) is 46.5 Å². The summed E-state index contributed by atoms with van der Waals surface area (Å²) < 4.78 is 0. The second-order valence-electron chi connectivity index (χ2n) is 2.36. The number of aryl methyl sites for hydroxylation is 1. The van der Waals surface area contributed by atoms with Gasteiger partial charge in [-0.05, 0) is 37.6 Å². The lowest BCUT2D eigenvalue weighted by molar-refractivity contribution is 1.47. The molecule has 0 atom stereocenters. The van der Waals surface area contributed by atoms with Gasteiger partial charge in [-0.2, -0.15) is 0 Å². The molecule has 0 N–H and O–H groups in total. The molecule has 0 fully saturated rings. The van der Waals surface area contributed by atoms with Crippen LogP contribution in [0, 0.1) is 6.92 Å². The Morgan fingerprint density at radius 3 is 1.75 bits per heavy atom. The van der Waals surface area contributed by atoms with Crippen molar-refractivity contribution in [1.29, 1.82) is 0 Å². The molecule has 0 heterocycles. The monoisotopic (exact) mass is 202 g/mol. The second-order valence-corrected chi connectivity index (χ2v) is 3.23. The first kappa shape index (κ1) is 11.5. The number of halogens is 2. The van der Waals surface area contributed by atoms with Crippen molar-refractivity contribution in [2.75, 3.05) is 0 Å². The average molecular weight is 203 g/mol. The molecule has 0 radical (unpaired) electrons. The molecule has 12 heavy (non-hydrogen) atoms. The van der Waals surface area contributed by atoms with Gasteiger partial charge in [0.15, 0.2) is 0 Å². The highest BCUT2D eigenvalue weighted by molar-refractivity contribution is 6.34. The van der Waals surface area contributed by atoms with E-state index in [2.05, 4.69) is 6.58 Å². The van der Waals surface area contributed by atoms with Crippen LogP contribution in [-0.2, 0) is 0 Å². The van der Waals surface area contributed by atoms with Crippen molar-refractivity contribution in [2.45, 2.75) is 13.8 Å². The molecule has 0 spiro atoms. The zero-order chi connectivity index (χ0) is 9.56. The molecule has 0 nitrogen and oxygen atoms in total. The highest BCUT2D eigenvalue weighted by Gasteiger charge is 1.90. The zero-order valence-corrected chi connectivity index (χ0v) is 8.78. The van der Waals surface area contributed by atoms with E-state index in [1.807, 2.05) is 26.0 Å². The normalized spacial score (nSPS) is 8.33. The van der Waals surface area contributed by atoms with Crippen molar-refractivity contribution < 1.29 is 0 Å². The van der Waals surface area contributed by atoms with Crippen LogP contribution in [0.5, 0.6) is 0 Å². The molecule has 0 aromatic heterocycles. The van der Waals surface area contributed by atoms with Crippen molar-refractivity contribution in [1.82, 2.24) is 0 Å². The van der Waals surface area contributed by atoms with Crippen LogP contribution >= 0.6 is 23.2 Å². The Morgan fingerprint density at radius 2 is 1.50 bits per heavy atom. The highest BCUT2D eigenvalue weighted by Crippen LogP contribution is 2.17. The summed E-state index contributed by atoms with van der Waals surface area (Å²) in [6, 6.07) is 5.46. The topological polar surface area (TPSA) is 0 Å². The quantitative estimate of drug-likeness (QED) is 0.544. The molecule has 0 saturated carbocycles. The summed E-state index contributed by atoms with van der Waals surface area (Å²) in [7, 11) is 0. The van der Waals surface area contributed by atoms with Gasteiger partial charge in [0, 0.05) is 10.0 Å². The number of allylic oxidation sites excluding steroid dienone is 1. The Balaban J connectivity index is 0.000000354. The summed E-state index contributed by atoms with van der Waals surface area (Å²) in [5.74, 6) is 0. The average Bonchev–Trinajstić information content (AvgIpc) is 1.84. The van der Waals surface area contributed by atoms with Crippen LogP contribution in [0.4, 0.5) is 0 Å². The summed E-state index contributed by atoms with van der Waals surface area (Å²) in [6.07, 6.45) is 1.75.